The van der Waals surface area contributed by atoms with Crippen LogP contribution in [0.2, 0.25) is 0 Å². The zero-order valence-electron chi connectivity index (χ0n) is 9.49. The smallest absolute Gasteiger partial charge is 0.150 e. The fraction of sp³-hybridized carbons (Fsp3) is 0.727. The van der Waals surface area contributed by atoms with Crippen LogP contribution in [-0.4, -0.2) is 36.2 Å². The first-order valence-corrected chi connectivity index (χ1v) is 5.59. The zero-order chi connectivity index (χ0) is 10.7. The molecule has 1 fully saturated rings. The van der Waals surface area contributed by atoms with Crippen molar-refractivity contribution in [2.45, 2.75) is 32.4 Å². The molecule has 1 atom stereocenters. The first kappa shape index (κ1) is 10.6. The van der Waals surface area contributed by atoms with E-state index >= 15 is 0 Å². The van der Waals surface area contributed by atoms with E-state index in [2.05, 4.69) is 22.4 Å². The summed E-state index contributed by atoms with van der Waals surface area (Å²) in [6, 6.07) is 2.64. The fourth-order valence-electron chi connectivity index (χ4n) is 2.08. The molecule has 0 radical (unpaired) electrons. The Morgan fingerprint density at radius 3 is 3.13 bits per heavy atom. The third kappa shape index (κ3) is 2.79. The second-order valence-electron chi connectivity index (χ2n) is 4.35. The molecule has 1 saturated heterocycles. The van der Waals surface area contributed by atoms with E-state index in [0.717, 1.165) is 31.1 Å². The molecule has 1 aromatic rings. The first-order chi connectivity index (χ1) is 7.25. The van der Waals surface area contributed by atoms with Gasteiger partial charge in [0.25, 0.3) is 0 Å². The highest BCUT2D eigenvalue weighted by molar-refractivity contribution is 5.03. The fourth-order valence-corrected chi connectivity index (χ4v) is 2.08. The second-order valence-corrected chi connectivity index (χ2v) is 4.35. The number of nitrogens with one attached hydrogen (secondary N) is 1. The lowest BCUT2D eigenvalue weighted by atomic mass is 10.1. The average molecular weight is 209 g/mol. The molecule has 4 heteroatoms. The van der Waals surface area contributed by atoms with Crippen molar-refractivity contribution >= 4 is 0 Å². The Balaban J connectivity index is 1.88. The molecule has 1 aromatic heterocycles. The predicted octanol–water partition coefficient (Wildman–Crippen LogP) is 1.17. The molecule has 0 spiro atoms. The van der Waals surface area contributed by atoms with Gasteiger partial charge < -0.3 is 9.84 Å². The van der Waals surface area contributed by atoms with Gasteiger partial charge in [-0.2, -0.15) is 0 Å². The maximum Gasteiger partial charge on any atom is 0.150 e. The normalized spacial score (nSPS) is 22.2. The molecular weight excluding hydrogens is 190 g/mol. The van der Waals surface area contributed by atoms with E-state index in [4.69, 9.17) is 4.52 Å². The minimum Gasteiger partial charge on any atom is -0.360 e. The van der Waals surface area contributed by atoms with Crippen molar-refractivity contribution in [3.05, 3.63) is 17.5 Å². The van der Waals surface area contributed by atoms with Gasteiger partial charge in [-0.3, -0.25) is 4.90 Å². The number of likely N-dealkylation sites (N-methyl/N-ethyl adjacent to an activating group) is 1. The summed E-state index contributed by atoms with van der Waals surface area (Å²) in [5.41, 5.74) is 0.958. The van der Waals surface area contributed by atoms with Gasteiger partial charge in [0.1, 0.15) is 0 Å². The van der Waals surface area contributed by atoms with E-state index in [0.29, 0.717) is 6.04 Å². The van der Waals surface area contributed by atoms with Gasteiger partial charge in [0.05, 0.1) is 12.2 Å². The highest BCUT2D eigenvalue weighted by atomic mass is 16.5. The molecule has 4 nitrogen and oxygen atoms in total. The number of piperidine rings is 1. The molecule has 84 valence electrons. The highest BCUT2D eigenvalue weighted by Crippen LogP contribution is 2.12. The summed E-state index contributed by atoms with van der Waals surface area (Å²) in [6.45, 7) is 5.05. The highest BCUT2D eigenvalue weighted by Gasteiger charge is 2.18. The second kappa shape index (κ2) is 4.77. The van der Waals surface area contributed by atoms with Crippen LogP contribution < -0.4 is 5.32 Å². The third-order valence-corrected chi connectivity index (χ3v) is 2.98. The van der Waals surface area contributed by atoms with Gasteiger partial charge in [0.2, 0.25) is 0 Å². The van der Waals surface area contributed by atoms with Crippen LogP contribution in [0.15, 0.2) is 10.6 Å². The van der Waals surface area contributed by atoms with Crippen molar-refractivity contribution in [1.29, 1.82) is 0 Å². The van der Waals surface area contributed by atoms with Crippen LogP contribution in [0.5, 0.6) is 0 Å². The summed E-state index contributed by atoms with van der Waals surface area (Å²) < 4.78 is 5.21. The summed E-state index contributed by atoms with van der Waals surface area (Å²) in [4.78, 5) is 2.34. The molecule has 1 unspecified atom stereocenters. The van der Waals surface area contributed by atoms with E-state index in [1.165, 1.54) is 12.8 Å². The number of hydrogen-bond acceptors (Lipinski definition) is 4. The molecule has 1 N–H and O–H groups in total. The van der Waals surface area contributed by atoms with E-state index in [-0.39, 0.29) is 0 Å². The quantitative estimate of drug-likeness (QED) is 0.811. The molecule has 0 aromatic carbocycles. The largest absolute Gasteiger partial charge is 0.360 e. The lowest BCUT2D eigenvalue weighted by molar-refractivity contribution is 0.177. The Labute approximate surface area is 90.6 Å². The van der Waals surface area contributed by atoms with E-state index in [1.807, 2.05) is 13.0 Å². The Morgan fingerprint density at radius 1 is 1.67 bits per heavy atom. The van der Waals surface area contributed by atoms with Crippen molar-refractivity contribution in [1.82, 2.24) is 15.4 Å². The average Bonchev–Trinajstić information content (AvgIpc) is 2.65. The van der Waals surface area contributed by atoms with E-state index in [1.54, 1.807) is 0 Å². The van der Waals surface area contributed by atoms with Gasteiger partial charge in [0, 0.05) is 18.7 Å². The van der Waals surface area contributed by atoms with Crippen LogP contribution in [0, 0.1) is 6.92 Å². The van der Waals surface area contributed by atoms with Crippen LogP contribution in [0.4, 0.5) is 0 Å². The molecule has 15 heavy (non-hydrogen) atoms. The maximum atomic E-state index is 5.21. The SMILES string of the molecule is Cc1cc(CN(C)C2CCCNC2)on1. The van der Waals surface area contributed by atoms with Gasteiger partial charge >= 0.3 is 0 Å². The van der Waals surface area contributed by atoms with Gasteiger partial charge in [-0.15, -0.1) is 0 Å². The van der Waals surface area contributed by atoms with Crippen molar-refractivity contribution in [2.75, 3.05) is 20.1 Å². The Hall–Kier alpha value is -0.870. The first-order valence-electron chi connectivity index (χ1n) is 5.59. The molecule has 0 amide bonds. The molecule has 2 heterocycles. The Morgan fingerprint density at radius 2 is 2.53 bits per heavy atom. The van der Waals surface area contributed by atoms with Gasteiger partial charge in [-0.05, 0) is 33.4 Å². The van der Waals surface area contributed by atoms with Crippen LogP contribution >= 0.6 is 0 Å². The minimum atomic E-state index is 0.629. The lowest BCUT2D eigenvalue weighted by Crippen LogP contribution is -2.43. The predicted molar refractivity (Wildman–Crippen MR) is 58.6 cm³/mol. The minimum absolute atomic E-state index is 0.629. The summed E-state index contributed by atoms with van der Waals surface area (Å²) in [5, 5.41) is 7.32. The number of aromatic nitrogens is 1. The van der Waals surface area contributed by atoms with Crippen LogP contribution in [-0.2, 0) is 6.54 Å². The van der Waals surface area contributed by atoms with Gasteiger partial charge in [0.15, 0.2) is 5.76 Å². The van der Waals surface area contributed by atoms with Crippen molar-refractivity contribution in [2.24, 2.45) is 0 Å². The molecule has 0 bridgehead atoms. The molecule has 1 aliphatic rings. The number of aryl methyl sites for hydroxylation is 1. The third-order valence-electron chi connectivity index (χ3n) is 2.98. The van der Waals surface area contributed by atoms with E-state index < -0.39 is 0 Å². The van der Waals surface area contributed by atoms with Crippen LogP contribution in [0.25, 0.3) is 0 Å². The number of nitrogens with zero attached hydrogens (tertiary/aromatic N) is 2. The Bertz CT molecular complexity index is 305. The molecule has 1 aliphatic heterocycles. The Kier molecular flexibility index (Phi) is 3.38. The molecular formula is C11H19N3O. The van der Waals surface area contributed by atoms with Crippen molar-refractivity contribution in [3.63, 3.8) is 0 Å². The summed E-state index contributed by atoms with van der Waals surface area (Å²) in [7, 11) is 2.15. The lowest BCUT2D eigenvalue weighted by Gasteiger charge is -2.30. The summed E-state index contributed by atoms with van der Waals surface area (Å²) in [5.74, 6) is 0.959. The standard InChI is InChI=1S/C11H19N3O/c1-9-6-11(15-13-9)8-14(2)10-4-3-5-12-7-10/h6,10,12H,3-5,7-8H2,1-2H3. The topological polar surface area (TPSA) is 41.3 Å². The molecule has 2 rings (SSSR count). The van der Waals surface area contributed by atoms with Gasteiger partial charge in [-0.25, -0.2) is 0 Å². The van der Waals surface area contributed by atoms with Crippen LogP contribution in [0.1, 0.15) is 24.3 Å². The maximum absolute atomic E-state index is 5.21. The zero-order valence-corrected chi connectivity index (χ0v) is 9.49. The van der Waals surface area contributed by atoms with Crippen molar-refractivity contribution in [3.8, 4) is 0 Å². The van der Waals surface area contributed by atoms with Crippen molar-refractivity contribution < 1.29 is 4.52 Å². The molecule has 0 aliphatic carbocycles. The van der Waals surface area contributed by atoms with Gasteiger partial charge in [-0.1, -0.05) is 5.16 Å². The summed E-state index contributed by atoms with van der Waals surface area (Å²) >= 11 is 0. The van der Waals surface area contributed by atoms with Crippen LogP contribution in [0.3, 0.4) is 0 Å². The number of hydrogen-bond donors (Lipinski definition) is 1. The summed E-state index contributed by atoms with van der Waals surface area (Å²) in [6.07, 6.45) is 2.54. The van der Waals surface area contributed by atoms with E-state index in [9.17, 15) is 0 Å². The monoisotopic (exact) mass is 209 g/mol. The molecule has 0 saturated carbocycles. The number of rotatable bonds is 3.